The normalized spacial score (nSPS) is 10.8. The van der Waals surface area contributed by atoms with Crippen LogP contribution in [0.3, 0.4) is 0 Å². The predicted molar refractivity (Wildman–Crippen MR) is 107 cm³/mol. The SMILES string of the molecule is CCCOc1ccc(/C=N/N(c2ccccc2)c2ccccc2)c(O)c1. The van der Waals surface area contributed by atoms with Crippen LogP contribution in [0.2, 0.25) is 0 Å². The van der Waals surface area contributed by atoms with E-state index in [4.69, 9.17) is 4.74 Å². The molecule has 0 aromatic heterocycles. The van der Waals surface area contributed by atoms with E-state index in [1.807, 2.05) is 78.7 Å². The molecule has 0 saturated heterocycles. The Morgan fingerprint density at radius 2 is 1.54 bits per heavy atom. The van der Waals surface area contributed by atoms with Gasteiger partial charge in [-0.1, -0.05) is 43.3 Å². The quantitative estimate of drug-likeness (QED) is 0.463. The third-order valence-corrected chi connectivity index (χ3v) is 3.79. The van der Waals surface area contributed by atoms with Gasteiger partial charge in [-0.15, -0.1) is 0 Å². The summed E-state index contributed by atoms with van der Waals surface area (Å²) < 4.78 is 5.54. The molecule has 26 heavy (non-hydrogen) atoms. The molecule has 4 nitrogen and oxygen atoms in total. The molecule has 0 aliphatic rings. The van der Waals surface area contributed by atoms with Crippen LogP contribution in [0.15, 0.2) is 84.0 Å². The number of anilines is 2. The second-order valence-corrected chi connectivity index (χ2v) is 5.80. The highest BCUT2D eigenvalue weighted by molar-refractivity contribution is 5.85. The van der Waals surface area contributed by atoms with Gasteiger partial charge in [-0.3, -0.25) is 0 Å². The molecule has 0 heterocycles. The van der Waals surface area contributed by atoms with Crippen molar-refractivity contribution in [2.75, 3.05) is 11.6 Å². The molecule has 0 spiro atoms. The summed E-state index contributed by atoms with van der Waals surface area (Å²) in [6, 6.07) is 25.0. The smallest absolute Gasteiger partial charge is 0.128 e. The summed E-state index contributed by atoms with van der Waals surface area (Å²) in [6.07, 6.45) is 2.58. The van der Waals surface area contributed by atoms with Gasteiger partial charge in [0.1, 0.15) is 11.5 Å². The Balaban J connectivity index is 1.87. The first-order valence-corrected chi connectivity index (χ1v) is 8.68. The number of nitrogens with zero attached hydrogens (tertiary/aromatic N) is 2. The summed E-state index contributed by atoms with van der Waals surface area (Å²) in [4.78, 5) is 0. The van der Waals surface area contributed by atoms with Gasteiger partial charge in [0.2, 0.25) is 0 Å². The third kappa shape index (κ3) is 4.42. The topological polar surface area (TPSA) is 45.1 Å². The fraction of sp³-hybridized carbons (Fsp3) is 0.136. The lowest BCUT2D eigenvalue weighted by Crippen LogP contribution is -2.09. The highest BCUT2D eigenvalue weighted by Gasteiger charge is 2.08. The molecule has 0 unspecified atom stereocenters. The number of ether oxygens (including phenoxy) is 1. The predicted octanol–water partition coefficient (Wildman–Crippen LogP) is 5.35. The fourth-order valence-electron chi connectivity index (χ4n) is 2.48. The Bertz CT molecular complexity index is 809. The largest absolute Gasteiger partial charge is 0.507 e. The molecule has 0 bridgehead atoms. The zero-order chi connectivity index (χ0) is 18.2. The maximum absolute atomic E-state index is 10.3. The van der Waals surface area contributed by atoms with E-state index in [0.717, 1.165) is 17.8 Å². The number of phenolic OH excluding ortho intramolecular Hbond substituents is 1. The molecule has 3 aromatic rings. The Morgan fingerprint density at radius 1 is 0.923 bits per heavy atom. The van der Waals surface area contributed by atoms with Gasteiger partial charge in [0.25, 0.3) is 0 Å². The molecule has 4 heteroatoms. The van der Waals surface area contributed by atoms with E-state index < -0.39 is 0 Å². The van der Waals surface area contributed by atoms with Crippen LogP contribution in [0.25, 0.3) is 0 Å². The third-order valence-electron chi connectivity index (χ3n) is 3.79. The highest BCUT2D eigenvalue weighted by atomic mass is 16.5. The van der Waals surface area contributed by atoms with Crippen LogP contribution >= 0.6 is 0 Å². The Kier molecular flexibility index (Phi) is 5.88. The number of hydrazone groups is 1. The lowest BCUT2D eigenvalue weighted by molar-refractivity contribution is 0.315. The molecular formula is C22H22N2O2. The minimum Gasteiger partial charge on any atom is -0.507 e. The molecule has 1 N–H and O–H groups in total. The number of hydrogen-bond donors (Lipinski definition) is 1. The molecule has 0 radical (unpaired) electrons. The van der Waals surface area contributed by atoms with E-state index in [0.29, 0.717) is 17.9 Å². The summed E-state index contributed by atoms with van der Waals surface area (Å²) >= 11 is 0. The van der Waals surface area contributed by atoms with Gasteiger partial charge in [0, 0.05) is 11.6 Å². The number of benzene rings is 3. The summed E-state index contributed by atoms with van der Waals surface area (Å²) in [7, 11) is 0. The van der Waals surface area contributed by atoms with E-state index in [1.165, 1.54) is 0 Å². The van der Waals surface area contributed by atoms with Gasteiger partial charge in [-0.05, 0) is 42.8 Å². The van der Waals surface area contributed by atoms with Crippen molar-refractivity contribution >= 4 is 17.6 Å². The van der Waals surface area contributed by atoms with Crippen molar-refractivity contribution < 1.29 is 9.84 Å². The summed E-state index contributed by atoms with van der Waals surface area (Å²) in [5.41, 5.74) is 2.51. The van der Waals surface area contributed by atoms with E-state index >= 15 is 0 Å². The van der Waals surface area contributed by atoms with Crippen LogP contribution in [-0.4, -0.2) is 17.9 Å². The molecule has 3 aromatic carbocycles. The van der Waals surface area contributed by atoms with Crippen LogP contribution in [0.5, 0.6) is 11.5 Å². The molecule has 132 valence electrons. The van der Waals surface area contributed by atoms with Crippen LogP contribution in [0, 0.1) is 0 Å². The minimum atomic E-state index is 0.142. The minimum absolute atomic E-state index is 0.142. The first-order valence-electron chi connectivity index (χ1n) is 8.68. The molecule has 0 amide bonds. The Morgan fingerprint density at radius 3 is 2.08 bits per heavy atom. The van der Waals surface area contributed by atoms with Gasteiger partial charge in [0.15, 0.2) is 0 Å². The standard InChI is InChI=1S/C22H22N2O2/c1-2-15-26-21-14-13-18(22(25)16-21)17-23-24(19-9-5-3-6-10-19)20-11-7-4-8-12-20/h3-14,16-17,25H,2,15H2,1H3/b23-17+. The molecule has 0 aliphatic heterocycles. The van der Waals surface area contributed by atoms with Gasteiger partial charge in [0.05, 0.1) is 24.2 Å². The lowest BCUT2D eigenvalue weighted by atomic mass is 10.2. The number of para-hydroxylation sites is 2. The van der Waals surface area contributed by atoms with Crippen LogP contribution in [0.1, 0.15) is 18.9 Å². The number of phenols is 1. The molecule has 3 rings (SSSR count). The fourth-order valence-corrected chi connectivity index (χ4v) is 2.48. The Labute approximate surface area is 154 Å². The van der Waals surface area contributed by atoms with Crippen LogP contribution < -0.4 is 9.75 Å². The average molecular weight is 346 g/mol. The van der Waals surface area contributed by atoms with Gasteiger partial charge in [-0.2, -0.15) is 5.10 Å². The molecule has 0 aliphatic carbocycles. The van der Waals surface area contributed by atoms with Crippen molar-refractivity contribution in [3.05, 3.63) is 84.4 Å². The summed E-state index contributed by atoms with van der Waals surface area (Å²) in [5, 5.41) is 16.7. The molecule has 0 fully saturated rings. The Hall–Kier alpha value is -3.27. The monoisotopic (exact) mass is 346 g/mol. The van der Waals surface area contributed by atoms with Gasteiger partial charge in [-0.25, -0.2) is 5.01 Å². The molecule has 0 saturated carbocycles. The molecule has 0 atom stereocenters. The summed E-state index contributed by atoms with van der Waals surface area (Å²) in [6.45, 7) is 2.67. The second-order valence-electron chi connectivity index (χ2n) is 5.80. The highest BCUT2D eigenvalue weighted by Crippen LogP contribution is 2.26. The first kappa shape index (κ1) is 17.5. The van der Waals surface area contributed by atoms with Crippen molar-refractivity contribution in [2.45, 2.75) is 13.3 Å². The van der Waals surface area contributed by atoms with E-state index in [-0.39, 0.29) is 5.75 Å². The zero-order valence-electron chi connectivity index (χ0n) is 14.7. The number of aromatic hydroxyl groups is 1. The van der Waals surface area contributed by atoms with Crippen molar-refractivity contribution in [3.63, 3.8) is 0 Å². The van der Waals surface area contributed by atoms with Crippen molar-refractivity contribution in [3.8, 4) is 11.5 Å². The average Bonchev–Trinajstić information content (AvgIpc) is 2.69. The van der Waals surface area contributed by atoms with Crippen molar-refractivity contribution in [1.82, 2.24) is 0 Å². The first-order chi connectivity index (χ1) is 12.8. The second kappa shape index (κ2) is 8.72. The molecular weight excluding hydrogens is 324 g/mol. The lowest BCUT2D eigenvalue weighted by Gasteiger charge is -2.19. The number of rotatable bonds is 7. The van der Waals surface area contributed by atoms with Crippen LogP contribution in [0.4, 0.5) is 11.4 Å². The van der Waals surface area contributed by atoms with E-state index in [1.54, 1.807) is 18.3 Å². The van der Waals surface area contributed by atoms with Gasteiger partial charge < -0.3 is 9.84 Å². The number of hydrogen-bond acceptors (Lipinski definition) is 4. The zero-order valence-corrected chi connectivity index (χ0v) is 14.7. The van der Waals surface area contributed by atoms with Gasteiger partial charge >= 0.3 is 0 Å². The van der Waals surface area contributed by atoms with Crippen molar-refractivity contribution in [2.24, 2.45) is 5.10 Å². The van der Waals surface area contributed by atoms with Crippen molar-refractivity contribution in [1.29, 1.82) is 0 Å². The van der Waals surface area contributed by atoms with Crippen LogP contribution in [-0.2, 0) is 0 Å². The van der Waals surface area contributed by atoms with E-state index in [2.05, 4.69) is 5.10 Å². The van der Waals surface area contributed by atoms with E-state index in [9.17, 15) is 5.11 Å². The maximum Gasteiger partial charge on any atom is 0.128 e. The maximum atomic E-state index is 10.3. The summed E-state index contributed by atoms with van der Waals surface area (Å²) in [5.74, 6) is 0.799.